The maximum absolute atomic E-state index is 11.4. The summed E-state index contributed by atoms with van der Waals surface area (Å²) in [7, 11) is -1.05. The van der Waals surface area contributed by atoms with Crippen LogP contribution in [0.2, 0.25) is 0 Å². The molecular formula is C15H32IN3O2S. The van der Waals surface area contributed by atoms with Crippen molar-refractivity contribution in [3.8, 4) is 0 Å². The average Bonchev–Trinajstić information content (AvgIpc) is 2.71. The third kappa shape index (κ3) is 9.17. The van der Waals surface area contributed by atoms with Gasteiger partial charge in [-0.2, -0.15) is 0 Å². The monoisotopic (exact) mass is 445 g/mol. The molecule has 2 atom stereocenters. The van der Waals surface area contributed by atoms with E-state index in [1.807, 2.05) is 0 Å². The Morgan fingerprint density at radius 3 is 2.45 bits per heavy atom. The Labute approximate surface area is 153 Å². The van der Waals surface area contributed by atoms with Crippen LogP contribution in [0.3, 0.4) is 0 Å². The van der Waals surface area contributed by atoms with E-state index < -0.39 is 9.84 Å². The largest absolute Gasteiger partial charge is 0.356 e. The minimum Gasteiger partial charge on any atom is -0.356 e. The molecule has 1 aliphatic heterocycles. The standard InChI is InChI=1S/C15H31N3O2S.HI/c1-12(6-8-15(2,3)4)18-14(16-5)17-10-13-7-9-21(19,20)11-13;/h12-13H,6-11H2,1-5H3,(H2,16,17,18);1H. The maximum atomic E-state index is 11.4. The van der Waals surface area contributed by atoms with Gasteiger partial charge < -0.3 is 10.6 Å². The van der Waals surface area contributed by atoms with Crippen LogP contribution in [0.5, 0.6) is 0 Å². The van der Waals surface area contributed by atoms with E-state index >= 15 is 0 Å². The number of hydrogen-bond acceptors (Lipinski definition) is 3. The number of halogens is 1. The van der Waals surface area contributed by atoms with Crippen molar-refractivity contribution < 1.29 is 8.42 Å². The molecule has 0 radical (unpaired) electrons. The van der Waals surface area contributed by atoms with Gasteiger partial charge in [-0.3, -0.25) is 4.99 Å². The summed E-state index contributed by atoms with van der Waals surface area (Å²) in [6.45, 7) is 9.55. The third-order valence-electron chi connectivity index (χ3n) is 3.82. The fourth-order valence-electron chi connectivity index (χ4n) is 2.42. The molecule has 0 aromatic heterocycles. The van der Waals surface area contributed by atoms with Gasteiger partial charge in [0.15, 0.2) is 15.8 Å². The van der Waals surface area contributed by atoms with Crippen molar-refractivity contribution in [2.45, 2.75) is 53.0 Å². The summed E-state index contributed by atoms with van der Waals surface area (Å²) >= 11 is 0. The predicted octanol–water partition coefficient (Wildman–Crippen LogP) is 2.42. The van der Waals surface area contributed by atoms with E-state index in [9.17, 15) is 8.42 Å². The number of guanidine groups is 1. The number of sulfone groups is 1. The van der Waals surface area contributed by atoms with E-state index in [2.05, 4.69) is 43.3 Å². The molecule has 0 aliphatic carbocycles. The highest BCUT2D eigenvalue weighted by atomic mass is 127. The topological polar surface area (TPSA) is 70.6 Å². The molecule has 7 heteroatoms. The van der Waals surface area contributed by atoms with Gasteiger partial charge in [-0.1, -0.05) is 20.8 Å². The van der Waals surface area contributed by atoms with Crippen molar-refractivity contribution in [2.75, 3.05) is 25.1 Å². The fourth-order valence-corrected chi connectivity index (χ4v) is 4.29. The molecule has 0 spiro atoms. The molecule has 0 aromatic carbocycles. The zero-order chi connectivity index (χ0) is 16.1. The van der Waals surface area contributed by atoms with Gasteiger partial charge in [0.05, 0.1) is 11.5 Å². The van der Waals surface area contributed by atoms with Crippen LogP contribution in [0.1, 0.15) is 47.0 Å². The molecule has 1 fully saturated rings. The van der Waals surface area contributed by atoms with Gasteiger partial charge in [0.25, 0.3) is 0 Å². The first-order valence-electron chi connectivity index (χ1n) is 7.79. The maximum Gasteiger partial charge on any atom is 0.191 e. The fraction of sp³-hybridized carbons (Fsp3) is 0.933. The van der Waals surface area contributed by atoms with Crippen LogP contribution in [0.25, 0.3) is 0 Å². The third-order valence-corrected chi connectivity index (χ3v) is 5.66. The van der Waals surface area contributed by atoms with Crippen LogP contribution in [-0.2, 0) is 9.84 Å². The predicted molar refractivity (Wildman–Crippen MR) is 105 cm³/mol. The van der Waals surface area contributed by atoms with Gasteiger partial charge in [-0.15, -0.1) is 24.0 Å². The van der Waals surface area contributed by atoms with E-state index in [0.717, 1.165) is 25.2 Å². The first kappa shape index (κ1) is 21.9. The van der Waals surface area contributed by atoms with Crippen LogP contribution >= 0.6 is 24.0 Å². The average molecular weight is 445 g/mol. The Balaban J connectivity index is 0.00000441. The summed E-state index contributed by atoms with van der Waals surface area (Å²) in [5.41, 5.74) is 0.338. The minimum absolute atomic E-state index is 0. The van der Waals surface area contributed by atoms with Crippen LogP contribution in [0.15, 0.2) is 4.99 Å². The van der Waals surface area contributed by atoms with E-state index in [0.29, 0.717) is 29.5 Å². The Hall–Kier alpha value is -0.0500. The van der Waals surface area contributed by atoms with Crippen molar-refractivity contribution in [1.29, 1.82) is 0 Å². The Bertz CT molecular complexity index is 458. The van der Waals surface area contributed by atoms with Crippen LogP contribution in [-0.4, -0.2) is 45.5 Å². The van der Waals surface area contributed by atoms with Gasteiger partial charge in [0.2, 0.25) is 0 Å². The molecular weight excluding hydrogens is 413 g/mol. The molecule has 0 aromatic rings. The summed E-state index contributed by atoms with van der Waals surface area (Å²) in [6.07, 6.45) is 2.99. The second-order valence-electron chi connectivity index (χ2n) is 7.37. The highest BCUT2D eigenvalue weighted by Gasteiger charge is 2.27. The lowest BCUT2D eigenvalue weighted by Crippen LogP contribution is -2.44. The van der Waals surface area contributed by atoms with Gasteiger partial charge in [0.1, 0.15) is 0 Å². The molecule has 1 saturated heterocycles. The molecule has 22 heavy (non-hydrogen) atoms. The van der Waals surface area contributed by atoms with Crippen LogP contribution in [0, 0.1) is 11.3 Å². The van der Waals surface area contributed by atoms with Crippen molar-refractivity contribution in [2.24, 2.45) is 16.3 Å². The van der Waals surface area contributed by atoms with Gasteiger partial charge >= 0.3 is 0 Å². The second-order valence-corrected chi connectivity index (χ2v) is 9.60. The molecule has 1 rings (SSSR count). The van der Waals surface area contributed by atoms with Gasteiger partial charge in [0, 0.05) is 19.6 Å². The second kappa shape index (κ2) is 9.30. The number of nitrogens with zero attached hydrogens (tertiary/aromatic N) is 1. The van der Waals surface area contributed by atoms with Crippen molar-refractivity contribution in [3.63, 3.8) is 0 Å². The van der Waals surface area contributed by atoms with Crippen molar-refractivity contribution >= 4 is 39.8 Å². The highest BCUT2D eigenvalue weighted by molar-refractivity contribution is 14.0. The molecule has 1 aliphatic rings. The lowest BCUT2D eigenvalue weighted by molar-refractivity contribution is 0.346. The summed E-state index contributed by atoms with van der Waals surface area (Å²) in [5, 5.41) is 6.62. The zero-order valence-electron chi connectivity index (χ0n) is 14.5. The Morgan fingerprint density at radius 2 is 2.00 bits per heavy atom. The first-order valence-corrected chi connectivity index (χ1v) is 9.61. The zero-order valence-corrected chi connectivity index (χ0v) is 17.6. The number of hydrogen-bond donors (Lipinski definition) is 2. The van der Waals surface area contributed by atoms with E-state index in [1.54, 1.807) is 7.05 Å². The first-order chi connectivity index (χ1) is 9.61. The number of nitrogens with one attached hydrogen (secondary N) is 2. The molecule has 1 heterocycles. The molecule has 2 unspecified atom stereocenters. The van der Waals surface area contributed by atoms with Crippen LogP contribution in [0.4, 0.5) is 0 Å². The van der Waals surface area contributed by atoms with E-state index in [1.165, 1.54) is 0 Å². The highest BCUT2D eigenvalue weighted by Crippen LogP contribution is 2.21. The Morgan fingerprint density at radius 1 is 1.36 bits per heavy atom. The minimum atomic E-state index is -2.80. The van der Waals surface area contributed by atoms with Crippen molar-refractivity contribution in [3.05, 3.63) is 0 Å². The van der Waals surface area contributed by atoms with Crippen LogP contribution < -0.4 is 10.6 Å². The lowest BCUT2D eigenvalue weighted by atomic mass is 9.89. The summed E-state index contributed by atoms with van der Waals surface area (Å²) in [5.74, 6) is 1.60. The molecule has 0 bridgehead atoms. The SMILES string of the molecule is CN=C(NCC1CCS(=O)(=O)C1)NC(C)CCC(C)(C)C.I. The van der Waals surface area contributed by atoms with Gasteiger partial charge in [-0.25, -0.2) is 8.42 Å². The number of rotatable bonds is 5. The smallest absolute Gasteiger partial charge is 0.191 e. The molecule has 2 N–H and O–H groups in total. The van der Waals surface area contributed by atoms with E-state index in [4.69, 9.17) is 0 Å². The molecule has 132 valence electrons. The molecule has 0 saturated carbocycles. The Kier molecular flexibility index (Phi) is 9.27. The van der Waals surface area contributed by atoms with Gasteiger partial charge in [-0.05, 0) is 37.5 Å². The van der Waals surface area contributed by atoms with E-state index in [-0.39, 0.29) is 29.9 Å². The summed E-state index contributed by atoms with van der Waals surface area (Å²) in [4.78, 5) is 4.21. The molecule has 0 amide bonds. The summed E-state index contributed by atoms with van der Waals surface area (Å²) in [6, 6.07) is 0.350. The normalized spacial score (nSPS) is 22.8. The quantitative estimate of drug-likeness (QED) is 0.388. The lowest BCUT2D eigenvalue weighted by Gasteiger charge is -2.23. The van der Waals surface area contributed by atoms with Crippen molar-refractivity contribution in [1.82, 2.24) is 10.6 Å². The molecule has 5 nitrogen and oxygen atoms in total. The number of aliphatic imine (C=N–C) groups is 1. The summed E-state index contributed by atoms with van der Waals surface area (Å²) < 4.78 is 22.9.